The molecule has 7 aromatic rings. The Morgan fingerprint density at radius 2 is 1.30 bits per heavy atom. The molecular formula is C39H31N5. The third-order valence-corrected chi connectivity index (χ3v) is 8.96. The molecule has 4 N–H and O–H groups in total. The number of aryl methyl sites for hydroxylation is 3. The number of hydrogen-bond acceptors (Lipinski definition) is 3. The zero-order chi connectivity index (χ0) is 30.1. The van der Waals surface area contributed by atoms with Crippen molar-refractivity contribution in [2.24, 2.45) is 0 Å². The van der Waals surface area contributed by atoms with E-state index >= 15 is 0 Å². The van der Waals surface area contributed by atoms with Crippen LogP contribution in [0.2, 0.25) is 0 Å². The zero-order valence-corrected chi connectivity index (χ0v) is 24.7. The number of nitrogen functional groups attached to an aromatic ring is 2. The summed E-state index contributed by atoms with van der Waals surface area (Å²) in [6, 6.07) is 34.1. The van der Waals surface area contributed by atoms with Crippen LogP contribution in [0.3, 0.4) is 0 Å². The molecule has 0 aliphatic heterocycles. The van der Waals surface area contributed by atoms with E-state index in [0.717, 1.165) is 68.4 Å². The molecule has 1 aliphatic carbocycles. The maximum Gasteiger partial charge on any atom is 0.104 e. The second-order valence-electron chi connectivity index (χ2n) is 11.9. The van der Waals surface area contributed by atoms with Crippen LogP contribution in [0, 0.1) is 25.2 Å². The van der Waals surface area contributed by atoms with E-state index in [1.165, 1.54) is 22.1 Å². The summed E-state index contributed by atoms with van der Waals surface area (Å²) in [7, 11) is 0. The second-order valence-corrected chi connectivity index (χ2v) is 11.9. The Labute approximate surface area is 255 Å². The normalized spacial score (nSPS) is 12.7. The summed E-state index contributed by atoms with van der Waals surface area (Å²) in [5.74, 6) is 0. The van der Waals surface area contributed by atoms with Gasteiger partial charge in [0.1, 0.15) is 11.6 Å². The number of fused-ring (bicyclic) bond motifs is 6. The van der Waals surface area contributed by atoms with E-state index < -0.39 is 0 Å². The van der Waals surface area contributed by atoms with Gasteiger partial charge in [-0.15, -0.1) is 0 Å². The maximum absolute atomic E-state index is 11.0. The molecule has 2 heterocycles. The number of nitriles is 1. The SMILES string of the molecule is Cc1cccc(-c2cc(-n3c4c(c5cc(C)ccc53)CCC=C4)c(C#N)c(-n3c4ccc(N)cc4c4cc(N)ccc43)c2)c1. The van der Waals surface area contributed by atoms with Crippen LogP contribution in [0.5, 0.6) is 0 Å². The maximum atomic E-state index is 11.0. The molecule has 0 spiro atoms. The highest BCUT2D eigenvalue weighted by Crippen LogP contribution is 2.41. The molecule has 0 bridgehead atoms. The van der Waals surface area contributed by atoms with Crippen LogP contribution in [-0.4, -0.2) is 9.13 Å². The molecule has 44 heavy (non-hydrogen) atoms. The van der Waals surface area contributed by atoms with Gasteiger partial charge in [0.15, 0.2) is 0 Å². The molecule has 5 aromatic carbocycles. The molecule has 0 saturated carbocycles. The number of rotatable bonds is 3. The molecule has 0 amide bonds. The van der Waals surface area contributed by atoms with Crippen molar-refractivity contribution in [2.75, 3.05) is 11.5 Å². The number of benzene rings is 5. The molecule has 0 saturated heterocycles. The molecule has 0 atom stereocenters. The predicted molar refractivity (Wildman–Crippen MR) is 183 cm³/mol. The van der Waals surface area contributed by atoms with Crippen molar-refractivity contribution in [1.82, 2.24) is 9.13 Å². The van der Waals surface area contributed by atoms with Crippen LogP contribution in [0.15, 0.2) is 97.1 Å². The van der Waals surface area contributed by atoms with Crippen molar-refractivity contribution in [3.8, 4) is 28.6 Å². The molecule has 5 nitrogen and oxygen atoms in total. The first-order valence-electron chi connectivity index (χ1n) is 15.0. The van der Waals surface area contributed by atoms with Crippen LogP contribution in [0.4, 0.5) is 11.4 Å². The minimum absolute atomic E-state index is 0.605. The highest BCUT2D eigenvalue weighted by Gasteiger charge is 2.24. The molecule has 0 unspecified atom stereocenters. The number of hydrogen-bond donors (Lipinski definition) is 2. The van der Waals surface area contributed by atoms with Gasteiger partial charge in [-0.25, -0.2) is 0 Å². The number of anilines is 2. The molecule has 0 radical (unpaired) electrons. The van der Waals surface area contributed by atoms with Crippen molar-refractivity contribution in [1.29, 1.82) is 5.26 Å². The van der Waals surface area contributed by atoms with Crippen LogP contribution >= 0.6 is 0 Å². The molecule has 0 fully saturated rings. The third kappa shape index (κ3) is 3.85. The lowest BCUT2D eigenvalue weighted by molar-refractivity contribution is 0.965. The molecule has 5 heteroatoms. The summed E-state index contributed by atoms with van der Waals surface area (Å²) in [6.45, 7) is 4.25. The number of allylic oxidation sites excluding steroid dienone is 1. The van der Waals surface area contributed by atoms with Crippen molar-refractivity contribution in [3.05, 3.63) is 125 Å². The van der Waals surface area contributed by atoms with Crippen LogP contribution < -0.4 is 11.5 Å². The van der Waals surface area contributed by atoms with Gasteiger partial charge < -0.3 is 20.6 Å². The van der Waals surface area contributed by atoms with Gasteiger partial charge in [0.2, 0.25) is 0 Å². The van der Waals surface area contributed by atoms with Crippen molar-refractivity contribution < 1.29 is 0 Å². The Kier molecular flexibility index (Phi) is 5.69. The monoisotopic (exact) mass is 569 g/mol. The average Bonchev–Trinajstić information content (AvgIpc) is 3.52. The lowest BCUT2D eigenvalue weighted by atomic mass is 9.98. The van der Waals surface area contributed by atoms with Crippen molar-refractivity contribution >= 4 is 50.2 Å². The summed E-state index contributed by atoms with van der Waals surface area (Å²) in [6.07, 6.45) is 6.44. The van der Waals surface area contributed by atoms with Crippen LogP contribution in [-0.2, 0) is 6.42 Å². The fourth-order valence-electron chi connectivity index (χ4n) is 7.00. The highest BCUT2D eigenvalue weighted by atomic mass is 15.0. The van der Waals surface area contributed by atoms with Crippen LogP contribution in [0.25, 0.3) is 61.3 Å². The van der Waals surface area contributed by atoms with Gasteiger partial charge in [-0.2, -0.15) is 5.26 Å². The van der Waals surface area contributed by atoms with E-state index in [9.17, 15) is 5.26 Å². The van der Waals surface area contributed by atoms with E-state index in [1.54, 1.807) is 0 Å². The molecular weight excluding hydrogens is 538 g/mol. The minimum atomic E-state index is 0.605. The van der Waals surface area contributed by atoms with Crippen LogP contribution in [0.1, 0.15) is 34.4 Å². The zero-order valence-electron chi connectivity index (χ0n) is 24.7. The van der Waals surface area contributed by atoms with E-state index in [2.05, 4.69) is 95.8 Å². The second kappa shape index (κ2) is 9.65. The van der Waals surface area contributed by atoms with Gasteiger partial charge in [-0.05, 0) is 110 Å². The third-order valence-electron chi connectivity index (χ3n) is 8.96. The Morgan fingerprint density at radius 1 is 0.659 bits per heavy atom. The van der Waals surface area contributed by atoms with Gasteiger partial charge in [-0.1, -0.05) is 47.5 Å². The first kappa shape index (κ1) is 25.9. The Balaban J connectivity index is 1.55. The minimum Gasteiger partial charge on any atom is -0.399 e. The largest absolute Gasteiger partial charge is 0.399 e. The van der Waals surface area contributed by atoms with Gasteiger partial charge >= 0.3 is 0 Å². The molecule has 1 aliphatic rings. The summed E-state index contributed by atoms with van der Waals surface area (Å²) in [5, 5.41) is 14.3. The lowest BCUT2D eigenvalue weighted by Gasteiger charge is -2.19. The standard InChI is InChI=1S/C39H31N5/c1-23-6-5-7-25(16-23)26-18-38(43-34-9-4-3-8-29(34)30-17-24(2)10-13-35(30)43)33(22-40)39(19-26)44-36-14-11-27(41)20-31(36)32-21-28(42)12-15-37(32)44/h4-7,9-21H,3,8,41-42H2,1-2H3. The first-order valence-corrected chi connectivity index (χ1v) is 15.0. The molecule has 2 aromatic heterocycles. The number of nitrogens with two attached hydrogens (primary N) is 2. The summed E-state index contributed by atoms with van der Waals surface area (Å²) < 4.78 is 4.49. The highest BCUT2D eigenvalue weighted by molar-refractivity contribution is 6.11. The number of aromatic nitrogens is 2. The summed E-state index contributed by atoms with van der Waals surface area (Å²) >= 11 is 0. The molecule has 212 valence electrons. The van der Waals surface area contributed by atoms with Gasteiger partial charge in [0, 0.05) is 33.2 Å². The fraction of sp³-hybridized carbons (Fsp3) is 0.103. The van der Waals surface area contributed by atoms with E-state index in [0.29, 0.717) is 16.9 Å². The van der Waals surface area contributed by atoms with Crippen molar-refractivity contribution in [2.45, 2.75) is 26.7 Å². The van der Waals surface area contributed by atoms with Gasteiger partial charge in [0.05, 0.1) is 27.9 Å². The smallest absolute Gasteiger partial charge is 0.104 e. The Morgan fingerprint density at radius 3 is 1.98 bits per heavy atom. The molecule has 8 rings (SSSR count). The van der Waals surface area contributed by atoms with E-state index in [-0.39, 0.29) is 0 Å². The van der Waals surface area contributed by atoms with Crippen molar-refractivity contribution in [3.63, 3.8) is 0 Å². The average molecular weight is 570 g/mol. The van der Waals surface area contributed by atoms with E-state index in [1.807, 2.05) is 36.4 Å². The Bertz CT molecular complexity index is 2330. The quantitative estimate of drug-likeness (QED) is 0.208. The Hall–Kier alpha value is -5.73. The predicted octanol–water partition coefficient (Wildman–Crippen LogP) is 9.01. The lowest BCUT2D eigenvalue weighted by Crippen LogP contribution is -2.07. The van der Waals surface area contributed by atoms with E-state index in [4.69, 9.17) is 11.5 Å². The fourth-order valence-corrected chi connectivity index (χ4v) is 7.00. The number of nitrogens with zero attached hydrogens (tertiary/aromatic N) is 3. The summed E-state index contributed by atoms with van der Waals surface area (Å²) in [4.78, 5) is 0. The summed E-state index contributed by atoms with van der Waals surface area (Å²) in [5.41, 5.74) is 26.3. The topological polar surface area (TPSA) is 85.7 Å². The first-order chi connectivity index (χ1) is 21.4. The van der Waals surface area contributed by atoms with Gasteiger partial charge in [0.25, 0.3) is 0 Å². The van der Waals surface area contributed by atoms with Gasteiger partial charge in [-0.3, -0.25) is 0 Å².